The monoisotopic (exact) mass is 207 g/mol. The van der Waals surface area contributed by atoms with Gasteiger partial charge in [-0.05, 0) is 0 Å². The summed E-state index contributed by atoms with van der Waals surface area (Å²) < 4.78 is 0. The Labute approximate surface area is 98.4 Å². The summed E-state index contributed by atoms with van der Waals surface area (Å²) in [5.41, 5.74) is -0.481. The first-order valence-corrected chi connectivity index (χ1v) is 2.82. The van der Waals surface area contributed by atoms with E-state index in [2.05, 4.69) is 0 Å². The molecule has 0 bridgehead atoms. The van der Waals surface area contributed by atoms with E-state index in [4.69, 9.17) is 20.4 Å². The van der Waals surface area contributed by atoms with Gasteiger partial charge in [0.2, 0.25) is 5.71 Å². The topological polar surface area (TPSA) is 130 Å². The van der Waals surface area contributed by atoms with Crippen LogP contribution in [0.25, 0.3) is 0 Å². The summed E-state index contributed by atoms with van der Waals surface area (Å²) in [4.78, 5) is -0.806. The number of hydrogen-bond acceptors (Lipinski definition) is 6. The summed E-state index contributed by atoms with van der Waals surface area (Å²) in [7, 11) is 2.00. The van der Waals surface area contributed by atoms with Crippen LogP contribution in [0.4, 0.5) is 0 Å². The first-order valence-electron chi connectivity index (χ1n) is 2.82. The molecule has 0 aliphatic rings. The fraction of sp³-hybridized carbons (Fsp3) is 0.800. The summed E-state index contributed by atoms with van der Waals surface area (Å²) >= 11 is 0. The molecule has 0 spiro atoms. The largest absolute Gasteiger partial charge is 1.00 e. The van der Waals surface area contributed by atoms with E-state index in [0.717, 1.165) is 14.2 Å². The second kappa shape index (κ2) is 22.7. The van der Waals surface area contributed by atoms with Gasteiger partial charge >= 0.3 is 29.6 Å². The third kappa shape index (κ3) is 18.8. The van der Waals surface area contributed by atoms with Crippen LogP contribution in [-0.2, 0) is 0 Å². The van der Waals surface area contributed by atoms with Gasteiger partial charge in [0.15, 0.2) is 0 Å². The summed E-state index contributed by atoms with van der Waals surface area (Å²) in [6.07, 6.45) is 0. The van der Waals surface area contributed by atoms with Crippen molar-refractivity contribution in [1.29, 1.82) is 0 Å². The van der Waals surface area contributed by atoms with E-state index < -0.39 is 23.8 Å². The molecule has 0 aromatic carbocycles. The smallest absolute Gasteiger partial charge is 0.612 e. The molecule has 0 aliphatic carbocycles. The molecule has 0 fully saturated rings. The minimum Gasteiger partial charge on any atom is -0.612 e. The average Bonchev–Trinajstić information content (AvgIpc) is 2.13. The quantitative estimate of drug-likeness (QED) is 0.155. The molecule has 0 heterocycles. The second-order valence-corrected chi connectivity index (χ2v) is 1.14. The van der Waals surface area contributed by atoms with Gasteiger partial charge in [0.05, 0.1) is 0 Å². The zero-order valence-electron chi connectivity index (χ0n) is 7.97. The maximum absolute atomic E-state index is 9.61. The van der Waals surface area contributed by atoms with Crippen LogP contribution in [0.3, 0.4) is 0 Å². The predicted molar refractivity (Wildman–Crippen MR) is 42.5 cm³/mol. The number of hydrogen-bond donors (Lipinski definition) is 4. The zero-order valence-corrected chi connectivity index (χ0v) is 9.97. The Morgan fingerprint density at radius 1 is 1.00 bits per heavy atom. The van der Waals surface area contributed by atoms with Gasteiger partial charge in [-0.15, -0.1) is 0 Å². The fourth-order valence-electron chi connectivity index (χ4n) is 0.165. The van der Waals surface area contributed by atoms with Crippen LogP contribution < -0.4 is 29.6 Å². The molecule has 0 atom stereocenters. The van der Waals surface area contributed by atoms with Gasteiger partial charge < -0.3 is 30.8 Å². The van der Waals surface area contributed by atoms with Crippen LogP contribution in [0.2, 0.25) is 0 Å². The van der Waals surface area contributed by atoms with E-state index in [1.54, 1.807) is 0 Å². The predicted octanol–water partition coefficient (Wildman–Crippen LogP) is -5.36. The molecular formula is C5H14NNaO6. The fourth-order valence-corrected chi connectivity index (χ4v) is 0.165. The molecule has 0 aromatic rings. The van der Waals surface area contributed by atoms with Gasteiger partial charge in [0.1, 0.15) is 13.2 Å². The van der Waals surface area contributed by atoms with Crippen LogP contribution in [0.15, 0.2) is 0 Å². The van der Waals surface area contributed by atoms with Gasteiger partial charge in [-0.25, -0.2) is 0 Å². The van der Waals surface area contributed by atoms with Crippen molar-refractivity contribution < 1.29 is 54.9 Å². The maximum atomic E-state index is 9.61. The van der Waals surface area contributed by atoms with E-state index in [1.165, 1.54) is 0 Å². The zero-order chi connectivity index (χ0) is 10.6. The van der Waals surface area contributed by atoms with Crippen molar-refractivity contribution in [1.82, 2.24) is 0 Å². The molecule has 7 nitrogen and oxygen atoms in total. The minimum absolute atomic E-state index is 0. The molecule has 0 unspecified atom stereocenters. The van der Waals surface area contributed by atoms with Crippen LogP contribution in [-0.4, -0.2) is 58.5 Å². The molecule has 0 rings (SSSR count). The average molecular weight is 207 g/mol. The van der Waals surface area contributed by atoms with Crippen LogP contribution in [0.5, 0.6) is 0 Å². The summed E-state index contributed by atoms with van der Waals surface area (Å²) in [6, 6.07) is 0. The molecule has 0 saturated carbocycles. The van der Waals surface area contributed by atoms with Crippen LogP contribution in [0.1, 0.15) is 0 Å². The molecule has 0 amide bonds. The van der Waals surface area contributed by atoms with Crippen molar-refractivity contribution >= 4 is 5.71 Å². The molecule has 8 heteroatoms. The Bertz CT molecular complexity index is 99.2. The number of aliphatic hydroxyl groups is 4. The van der Waals surface area contributed by atoms with E-state index in [1.807, 2.05) is 0 Å². The van der Waals surface area contributed by atoms with Crippen molar-refractivity contribution in [2.24, 2.45) is 0 Å². The van der Waals surface area contributed by atoms with E-state index in [-0.39, 0.29) is 29.6 Å². The third-order valence-corrected chi connectivity index (χ3v) is 0.623. The first kappa shape index (κ1) is 23.2. The molecular weight excluding hydrogens is 193 g/mol. The Kier molecular flexibility index (Phi) is 40.5. The Morgan fingerprint density at radius 2 is 1.23 bits per heavy atom. The Hall–Kier alpha value is 0.110. The molecule has 0 aliphatic heterocycles. The van der Waals surface area contributed by atoms with Gasteiger partial charge in [-0.1, -0.05) is 0 Å². The molecule has 0 saturated heterocycles. The first-order chi connectivity index (χ1) is 5.72. The van der Waals surface area contributed by atoms with Gasteiger partial charge in [0.25, 0.3) is 0 Å². The number of aliphatic hydroxyl groups excluding tert-OH is 4. The summed E-state index contributed by atoms with van der Waals surface area (Å²) in [5, 5.41) is 49.3. The Balaban J connectivity index is -0.0000000712. The van der Waals surface area contributed by atoms with Gasteiger partial charge in [-0.3, -0.25) is 0 Å². The van der Waals surface area contributed by atoms with Crippen molar-refractivity contribution in [3.8, 4) is 0 Å². The van der Waals surface area contributed by atoms with E-state index in [9.17, 15) is 10.4 Å². The molecule has 0 aromatic heterocycles. The Morgan fingerprint density at radius 3 is 1.23 bits per heavy atom. The normalized spacial score (nSPS) is 6.31. The molecule has 76 valence electrons. The third-order valence-electron chi connectivity index (χ3n) is 0.623. The van der Waals surface area contributed by atoms with Crippen molar-refractivity contribution in [2.45, 2.75) is 0 Å². The van der Waals surface area contributed by atoms with E-state index in [0.29, 0.717) is 0 Å². The number of nitrogens with zero attached hydrogens (tertiary/aromatic N) is 1. The molecule has 13 heavy (non-hydrogen) atoms. The minimum atomic E-state index is -0.806. The molecule has 4 N–H and O–H groups in total. The van der Waals surface area contributed by atoms with Crippen LogP contribution in [0, 0.1) is 10.4 Å². The van der Waals surface area contributed by atoms with Crippen molar-refractivity contribution in [3.05, 3.63) is 10.4 Å². The van der Waals surface area contributed by atoms with Crippen molar-refractivity contribution in [2.75, 3.05) is 27.4 Å². The second-order valence-electron chi connectivity index (χ2n) is 1.14. The SMILES string of the molecule is CO.CO.[Na+].[O-][N+]([O-])=C(CO)CO. The standard InChI is InChI=1S/C3H6NO4.2CH4O.Na/c5-1-3(2-6)4(7)8;2*1-2;/h5-6H,1-2H2;2*2H,1H3;/q-1;;;+1. The van der Waals surface area contributed by atoms with Crippen LogP contribution >= 0.6 is 0 Å². The number of rotatable bonds is 2. The maximum Gasteiger partial charge on any atom is 1.00 e. The summed E-state index contributed by atoms with van der Waals surface area (Å²) in [6.45, 7) is -1.38. The van der Waals surface area contributed by atoms with Crippen molar-refractivity contribution in [3.63, 3.8) is 0 Å². The summed E-state index contributed by atoms with van der Waals surface area (Å²) in [5.74, 6) is 0. The van der Waals surface area contributed by atoms with Gasteiger partial charge in [-0.2, -0.15) is 4.90 Å². The van der Waals surface area contributed by atoms with Gasteiger partial charge in [0, 0.05) is 14.2 Å². The molecule has 0 radical (unpaired) electrons. The van der Waals surface area contributed by atoms with E-state index >= 15 is 0 Å².